The fraction of sp³-hybridized carbons (Fsp3) is 0.333. The van der Waals surface area contributed by atoms with Gasteiger partial charge in [0.2, 0.25) is 11.8 Å². The van der Waals surface area contributed by atoms with Gasteiger partial charge in [0, 0.05) is 38.8 Å². The predicted molar refractivity (Wildman–Crippen MR) is 120 cm³/mol. The van der Waals surface area contributed by atoms with Crippen LogP contribution in [0.4, 0.5) is 5.69 Å². The van der Waals surface area contributed by atoms with E-state index in [0.717, 1.165) is 10.8 Å². The van der Waals surface area contributed by atoms with Crippen molar-refractivity contribution in [1.29, 1.82) is 0 Å². The summed E-state index contributed by atoms with van der Waals surface area (Å²) in [5.74, 6) is -0.344. The van der Waals surface area contributed by atoms with Crippen LogP contribution >= 0.6 is 0 Å². The third-order valence-electron chi connectivity index (χ3n) is 6.62. The summed E-state index contributed by atoms with van der Waals surface area (Å²) in [4.78, 5) is 43.8. The van der Waals surface area contributed by atoms with E-state index in [1.807, 2.05) is 42.5 Å². The zero-order valence-corrected chi connectivity index (χ0v) is 18.2. The van der Waals surface area contributed by atoms with E-state index < -0.39 is 5.54 Å². The molecular weight excluding hydrogens is 406 g/mol. The largest absolute Gasteiger partial charge is 0.336 e. The van der Waals surface area contributed by atoms with Crippen molar-refractivity contribution in [3.63, 3.8) is 0 Å². The van der Waals surface area contributed by atoms with Crippen LogP contribution < -0.4 is 4.90 Å². The van der Waals surface area contributed by atoms with Gasteiger partial charge in [-0.15, -0.1) is 0 Å². The quantitative estimate of drug-likeness (QED) is 0.622. The minimum atomic E-state index is -0.609. The zero-order valence-electron chi connectivity index (χ0n) is 18.2. The molecule has 3 aromatic rings. The maximum absolute atomic E-state index is 13.3. The molecule has 0 aliphatic carbocycles. The molecule has 1 aromatic heterocycles. The number of hydrogen-bond acceptors (Lipinski definition) is 4. The molecule has 8 heteroatoms. The molecule has 2 aliphatic heterocycles. The van der Waals surface area contributed by atoms with E-state index in [9.17, 15) is 14.4 Å². The average Bonchev–Trinajstić information content (AvgIpc) is 3.41. The van der Waals surface area contributed by atoms with Gasteiger partial charge >= 0.3 is 0 Å². The predicted octanol–water partition coefficient (Wildman–Crippen LogP) is 2.05. The molecule has 5 rings (SSSR count). The molecule has 0 saturated carbocycles. The molecule has 2 aliphatic rings. The van der Waals surface area contributed by atoms with Gasteiger partial charge in [-0.2, -0.15) is 5.10 Å². The van der Waals surface area contributed by atoms with Crippen LogP contribution in [-0.4, -0.2) is 69.0 Å². The molecule has 32 heavy (non-hydrogen) atoms. The van der Waals surface area contributed by atoms with Gasteiger partial charge in [-0.1, -0.05) is 30.3 Å². The maximum Gasteiger partial charge on any atom is 0.253 e. The van der Waals surface area contributed by atoms with Gasteiger partial charge in [0.05, 0.1) is 24.0 Å². The summed E-state index contributed by atoms with van der Waals surface area (Å²) in [6.45, 7) is 2.76. The van der Waals surface area contributed by atoms with E-state index in [0.29, 0.717) is 37.3 Å². The van der Waals surface area contributed by atoms with Gasteiger partial charge in [0.15, 0.2) is 0 Å². The second kappa shape index (κ2) is 7.47. The summed E-state index contributed by atoms with van der Waals surface area (Å²) in [6, 6.07) is 13.7. The number of likely N-dealkylation sites (tertiary alicyclic amines) is 1. The number of fused-ring (bicyclic) bond motifs is 1. The first-order valence-corrected chi connectivity index (χ1v) is 10.7. The molecule has 1 atom stereocenters. The first-order valence-electron chi connectivity index (χ1n) is 10.7. The molecule has 0 unspecified atom stereocenters. The van der Waals surface area contributed by atoms with Gasteiger partial charge in [0.25, 0.3) is 5.91 Å². The lowest BCUT2D eigenvalue weighted by Crippen LogP contribution is -2.67. The van der Waals surface area contributed by atoms with Crippen LogP contribution in [0.25, 0.3) is 10.8 Å². The molecule has 3 amide bonds. The average molecular weight is 431 g/mol. The van der Waals surface area contributed by atoms with Crippen molar-refractivity contribution >= 4 is 34.2 Å². The van der Waals surface area contributed by atoms with Gasteiger partial charge in [-0.05, 0) is 29.3 Å². The molecule has 0 radical (unpaired) electrons. The van der Waals surface area contributed by atoms with Crippen molar-refractivity contribution in [3.05, 3.63) is 60.4 Å². The number of rotatable bonds is 2. The minimum Gasteiger partial charge on any atom is -0.336 e. The molecule has 0 N–H and O–H groups in total. The number of aryl methyl sites for hydroxylation is 1. The number of anilines is 1. The van der Waals surface area contributed by atoms with Crippen LogP contribution in [0.1, 0.15) is 23.7 Å². The van der Waals surface area contributed by atoms with Crippen molar-refractivity contribution in [2.24, 2.45) is 7.05 Å². The summed E-state index contributed by atoms with van der Waals surface area (Å²) >= 11 is 0. The molecule has 164 valence electrons. The number of piperazine rings is 1. The van der Waals surface area contributed by atoms with Crippen LogP contribution in [0.15, 0.2) is 54.9 Å². The van der Waals surface area contributed by atoms with Crippen molar-refractivity contribution < 1.29 is 14.4 Å². The summed E-state index contributed by atoms with van der Waals surface area (Å²) in [7, 11) is 1.80. The Morgan fingerprint density at radius 3 is 2.56 bits per heavy atom. The van der Waals surface area contributed by atoms with Crippen LogP contribution in [0.5, 0.6) is 0 Å². The highest BCUT2D eigenvalue weighted by atomic mass is 16.2. The Kier molecular flexibility index (Phi) is 4.73. The number of benzene rings is 2. The third kappa shape index (κ3) is 3.32. The highest BCUT2D eigenvalue weighted by molar-refractivity contribution is 6.00. The van der Waals surface area contributed by atoms with Crippen LogP contribution in [-0.2, 0) is 16.6 Å². The standard InChI is InChI=1S/C24H25N5O3/c1-17(30)29-14-22(31)28(21-12-25-26(2)13-21)16-24(29)9-10-27(15-24)23(32)20-8-7-18-5-3-4-6-19(18)11-20/h3-8,11-13H,9-10,14-16H2,1-2H3/t24-/m1/s1. The van der Waals surface area contributed by atoms with Gasteiger partial charge in [-0.25, -0.2) is 0 Å². The Labute approximate surface area is 186 Å². The van der Waals surface area contributed by atoms with Crippen molar-refractivity contribution in [1.82, 2.24) is 19.6 Å². The van der Waals surface area contributed by atoms with Crippen LogP contribution in [0.3, 0.4) is 0 Å². The normalized spacial score (nSPS) is 21.1. The molecule has 3 heterocycles. The van der Waals surface area contributed by atoms with E-state index in [4.69, 9.17) is 0 Å². The van der Waals surface area contributed by atoms with Gasteiger partial charge in [0.1, 0.15) is 6.54 Å². The lowest BCUT2D eigenvalue weighted by atomic mass is 9.92. The minimum absolute atomic E-state index is 0.00221. The topological polar surface area (TPSA) is 78.8 Å². The van der Waals surface area contributed by atoms with Crippen molar-refractivity contribution in [2.45, 2.75) is 18.9 Å². The lowest BCUT2D eigenvalue weighted by Gasteiger charge is -2.47. The second-order valence-electron chi connectivity index (χ2n) is 8.72. The monoisotopic (exact) mass is 431 g/mol. The highest BCUT2D eigenvalue weighted by Crippen LogP contribution is 2.35. The summed E-state index contributed by atoms with van der Waals surface area (Å²) in [5, 5.41) is 6.28. The van der Waals surface area contributed by atoms with E-state index in [1.54, 1.807) is 38.8 Å². The van der Waals surface area contributed by atoms with Crippen LogP contribution in [0, 0.1) is 0 Å². The lowest BCUT2D eigenvalue weighted by molar-refractivity contribution is -0.142. The molecule has 2 fully saturated rings. The smallest absolute Gasteiger partial charge is 0.253 e. The van der Waals surface area contributed by atoms with Gasteiger partial charge < -0.3 is 14.7 Å². The zero-order chi connectivity index (χ0) is 22.5. The van der Waals surface area contributed by atoms with E-state index >= 15 is 0 Å². The number of amides is 3. The van der Waals surface area contributed by atoms with Crippen molar-refractivity contribution in [3.8, 4) is 0 Å². The number of carbonyl (C=O) groups excluding carboxylic acids is 3. The fourth-order valence-corrected chi connectivity index (χ4v) is 4.97. The first kappa shape index (κ1) is 20.2. The highest BCUT2D eigenvalue weighted by Gasteiger charge is 2.51. The first-order chi connectivity index (χ1) is 15.4. The van der Waals surface area contributed by atoms with Crippen LogP contribution in [0.2, 0.25) is 0 Å². The molecule has 8 nitrogen and oxygen atoms in total. The molecule has 2 aromatic carbocycles. The molecule has 1 spiro atoms. The Hall–Kier alpha value is -3.68. The van der Waals surface area contributed by atoms with E-state index in [1.165, 1.54) is 6.92 Å². The third-order valence-corrected chi connectivity index (χ3v) is 6.62. The summed E-state index contributed by atoms with van der Waals surface area (Å²) in [5.41, 5.74) is 0.729. The van der Waals surface area contributed by atoms with E-state index in [-0.39, 0.29) is 24.3 Å². The number of hydrogen-bond donors (Lipinski definition) is 0. The number of carbonyl (C=O) groups is 3. The van der Waals surface area contributed by atoms with E-state index in [2.05, 4.69) is 5.10 Å². The molecular formula is C24H25N5O3. The summed E-state index contributed by atoms with van der Waals surface area (Å²) < 4.78 is 1.65. The fourth-order valence-electron chi connectivity index (χ4n) is 4.97. The second-order valence-corrected chi connectivity index (χ2v) is 8.72. The SMILES string of the molecule is CC(=O)N1CC(=O)N(c2cnn(C)c2)C[C@]12CCN(C(=O)c1ccc3ccccc3c1)C2. The Bertz CT molecular complexity index is 1240. The molecule has 2 saturated heterocycles. The van der Waals surface area contributed by atoms with Crippen molar-refractivity contribution in [2.75, 3.05) is 31.1 Å². The Morgan fingerprint density at radius 2 is 1.84 bits per heavy atom. The Morgan fingerprint density at radius 1 is 1.06 bits per heavy atom. The molecule has 0 bridgehead atoms. The summed E-state index contributed by atoms with van der Waals surface area (Å²) in [6.07, 6.45) is 4.07. The number of aromatic nitrogens is 2. The maximum atomic E-state index is 13.3. The number of nitrogens with zero attached hydrogens (tertiary/aromatic N) is 5. The Balaban J connectivity index is 1.43. The van der Waals surface area contributed by atoms with Gasteiger partial charge in [-0.3, -0.25) is 19.1 Å².